The van der Waals surface area contributed by atoms with Crippen molar-refractivity contribution < 1.29 is 9.18 Å². The highest BCUT2D eigenvalue weighted by Gasteiger charge is 2.26. The molecule has 2 heteroatoms. The molecule has 22 heavy (non-hydrogen) atoms. The topological polar surface area (TPSA) is 17.1 Å². The normalized spacial score (nSPS) is 20.7. The van der Waals surface area contributed by atoms with Crippen LogP contribution >= 0.6 is 0 Å². The van der Waals surface area contributed by atoms with E-state index in [0.717, 1.165) is 5.57 Å². The van der Waals surface area contributed by atoms with E-state index in [1.165, 1.54) is 30.4 Å². The van der Waals surface area contributed by atoms with Gasteiger partial charge in [-0.2, -0.15) is 0 Å². The molecule has 0 N–H and O–H groups in total. The van der Waals surface area contributed by atoms with Crippen LogP contribution in [0, 0.1) is 5.41 Å². The second kappa shape index (κ2) is 8.07. The number of carbonyl (C=O) groups excluding carboxylic acids is 1. The summed E-state index contributed by atoms with van der Waals surface area (Å²) in [6.45, 7) is 10.4. The monoisotopic (exact) mass is 302 g/mol. The van der Waals surface area contributed by atoms with Crippen LogP contribution < -0.4 is 0 Å². The first-order chi connectivity index (χ1) is 10.3. The molecule has 1 aliphatic rings. The van der Waals surface area contributed by atoms with Gasteiger partial charge in [-0.3, -0.25) is 4.79 Å². The number of allylic oxidation sites excluding steroid dienone is 10. The minimum Gasteiger partial charge on any atom is -0.295 e. The van der Waals surface area contributed by atoms with Gasteiger partial charge in [-0.05, 0) is 56.6 Å². The molecular formula is C20H27FO. The Morgan fingerprint density at radius 1 is 1.23 bits per heavy atom. The van der Waals surface area contributed by atoms with Crippen LogP contribution in [0.15, 0.2) is 58.5 Å². The molecule has 0 spiro atoms. The van der Waals surface area contributed by atoms with Crippen molar-refractivity contribution in [2.45, 2.75) is 53.9 Å². The molecule has 0 atom stereocenters. The lowest BCUT2D eigenvalue weighted by atomic mass is 9.72. The van der Waals surface area contributed by atoms with E-state index in [1.54, 1.807) is 19.1 Å². The Labute approximate surface area is 134 Å². The van der Waals surface area contributed by atoms with Crippen molar-refractivity contribution in [3.63, 3.8) is 0 Å². The molecule has 0 saturated carbocycles. The molecule has 0 radical (unpaired) electrons. The second-order valence-corrected chi connectivity index (χ2v) is 6.68. The Hall–Kier alpha value is -1.70. The van der Waals surface area contributed by atoms with Crippen molar-refractivity contribution in [3.05, 3.63) is 58.5 Å². The van der Waals surface area contributed by atoms with E-state index < -0.39 is 5.83 Å². The summed E-state index contributed by atoms with van der Waals surface area (Å²) in [6, 6.07) is 0. The van der Waals surface area contributed by atoms with E-state index in [9.17, 15) is 9.18 Å². The third-order valence-corrected chi connectivity index (χ3v) is 4.24. The number of hydrogen-bond acceptors (Lipinski definition) is 1. The Balaban J connectivity index is 2.84. The Kier molecular flexibility index (Phi) is 6.73. The van der Waals surface area contributed by atoms with Gasteiger partial charge in [0, 0.05) is 0 Å². The van der Waals surface area contributed by atoms with Gasteiger partial charge in [0.1, 0.15) is 0 Å². The van der Waals surface area contributed by atoms with Crippen molar-refractivity contribution in [2.75, 3.05) is 0 Å². The minimum absolute atomic E-state index is 0.233. The lowest BCUT2D eigenvalue weighted by Gasteiger charge is -2.32. The van der Waals surface area contributed by atoms with E-state index in [1.807, 2.05) is 13.0 Å². The number of halogens is 1. The minimum atomic E-state index is -0.720. The van der Waals surface area contributed by atoms with Crippen LogP contribution in [-0.4, -0.2) is 6.29 Å². The second-order valence-electron chi connectivity index (χ2n) is 6.68. The smallest absolute Gasteiger partial charge is 0.178 e. The molecule has 0 heterocycles. The summed E-state index contributed by atoms with van der Waals surface area (Å²) in [5.74, 6) is -0.720. The lowest BCUT2D eigenvalue weighted by molar-refractivity contribution is -0.106. The average Bonchev–Trinajstić information content (AvgIpc) is 2.45. The highest BCUT2D eigenvalue weighted by molar-refractivity contribution is 5.72. The molecule has 0 aromatic heterocycles. The van der Waals surface area contributed by atoms with Crippen LogP contribution in [0.2, 0.25) is 0 Å². The molecule has 0 aliphatic heterocycles. The van der Waals surface area contributed by atoms with Gasteiger partial charge in [-0.1, -0.05) is 55.4 Å². The van der Waals surface area contributed by atoms with Crippen LogP contribution in [-0.2, 0) is 4.79 Å². The summed E-state index contributed by atoms with van der Waals surface area (Å²) in [5.41, 5.74) is 4.58. The summed E-state index contributed by atoms with van der Waals surface area (Å²) in [7, 11) is 0. The molecule has 1 nitrogen and oxygen atoms in total. The van der Waals surface area contributed by atoms with Gasteiger partial charge >= 0.3 is 0 Å². The molecule has 0 aromatic carbocycles. The molecule has 0 bridgehead atoms. The first-order valence-corrected chi connectivity index (χ1v) is 7.83. The van der Waals surface area contributed by atoms with E-state index >= 15 is 0 Å². The van der Waals surface area contributed by atoms with Gasteiger partial charge in [-0.15, -0.1) is 0 Å². The molecule has 0 aromatic rings. The van der Waals surface area contributed by atoms with Crippen molar-refractivity contribution in [1.82, 2.24) is 0 Å². The van der Waals surface area contributed by atoms with Crippen molar-refractivity contribution in [1.29, 1.82) is 0 Å². The molecule has 0 unspecified atom stereocenters. The Morgan fingerprint density at radius 3 is 2.50 bits per heavy atom. The standard InChI is InChI=1S/C20H27FO/c1-15(8-6-9-17(3)19(21)14-22)11-12-18-16(2)10-7-13-20(18,4)5/h6,8-9,11-12,14H,7,10,13H2,1-5H3/b9-6+,12-11+,15-8+,19-17+. The zero-order chi connectivity index (χ0) is 16.8. The molecule has 0 saturated heterocycles. The van der Waals surface area contributed by atoms with E-state index in [-0.39, 0.29) is 11.7 Å². The zero-order valence-corrected chi connectivity index (χ0v) is 14.4. The fourth-order valence-electron chi connectivity index (χ4n) is 2.80. The highest BCUT2D eigenvalue weighted by Crippen LogP contribution is 2.40. The Bertz CT molecular complexity index is 569. The quantitative estimate of drug-likeness (QED) is 0.345. The summed E-state index contributed by atoms with van der Waals surface area (Å²) in [5, 5.41) is 0. The van der Waals surface area contributed by atoms with Gasteiger partial charge in [0.05, 0.1) is 0 Å². The molecule has 0 amide bonds. The number of hydrogen-bond donors (Lipinski definition) is 0. The van der Waals surface area contributed by atoms with Crippen LogP contribution in [0.25, 0.3) is 0 Å². The number of rotatable bonds is 5. The number of aldehydes is 1. The maximum absolute atomic E-state index is 13.0. The molecule has 1 rings (SSSR count). The van der Waals surface area contributed by atoms with Crippen molar-refractivity contribution in [2.24, 2.45) is 5.41 Å². The van der Waals surface area contributed by atoms with Crippen LogP contribution in [0.5, 0.6) is 0 Å². The highest BCUT2D eigenvalue weighted by atomic mass is 19.1. The molecule has 120 valence electrons. The molecule has 0 fully saturated rings. The first-order valence-electron chi connectivity index (χ1n) is 7.83. The summed E-state index contributed by atoms with van der Waals surface area (Å²) < 4.78 is 13.0. The maximum Gasteiger partial charge on any atom is 0.178 e. The van der Waals surface area contributed by atoms with E-state index in [0.29, 0.717) is 5.57 Å². The van der Waals surface area contributed by atoms with Gasteiger partial charge in [-0.25, -0.2) is 4.39 Å². The third kappa shape index (κ3) is 5.25. The lowest BCUT2D eigenvalue weighted by Crippen LogP contribution is -2.19. The predicted molar refractivity (Wildman–Crippen MR) is 92.2 cm³/mol. The Morgan fingerprint density at radius 2 is 1.91 bits per heavy atom. The fourth-order valence-corrected chi connectivity index (χ4v) is 2.80. The average molecular weight is 302 g/mol. The van der Waals surface area contributed by atoms with Gasteiger partial charge in [0.25, 0.3) is 0 Å². The number of carbonyl (C=O) groups is 1. The van der Waals surface area contributed by atoms with E-state index in [4.69, 9.17) is 0 Å². The molecular weight excluding hydrogens is 275 g/mol. The van der Waals surface area contributed by atoms with Crippen LogP contribution in [0.1, 0.15) is 53.9 Å². The first kappa shape index (κ1) is 18.3. The fraction of sp³-hybridized carbons (Fsp3) is 0.450. The third-order valence-electron chi connectivity index (χ3n) is 4.24. The van der Waals surface area contributed by atoms with Gasteiger partial charge in [0.15, 0.2) is 12.1 Å². The zero-order valence-electron chi connectivity index (χ0n) is 14.4. The summed E-state index contributed by atoms with van der Waals surface area (Å²) in [6.07, 6.45) is 13.5. The largest absolute Gasteiger partial charge is 0.295 e. The van der Waals surface area contributed by atoms with Crippen LogP contribution in [0.4, 0.5) is 4.39 Å². The van der Waals surface area contributed by atoms with Gasteiger partial charge < -0.3 is 0 Å². The van der Waals surface area contributed by atoms with E-state index in [2.05, 4.69) is 32.9 Å². The summed E-state index contributed by atoms with van der Waals surface area (Å²) >= 11 is 0. The predicted octanol–water partition coefficient (Wildman–Crippen LogP) is 6.01. The van der Waals surface area contributed by atoms with Crippen LogP contribution in [0.3, 0.4) is 0 Å². The van der Waals surface area contributed by atoms with Crippen molar-refractivity contribution >= 4 is 6.29 Å². The molecule has 1 aliphatic carbocycles. The summed E-state index contributed by atoms with van der Waals surface area (Å²) in [4.78, 5) is 10.3. The SMILES string of the molecule is CC1=C(/C=C/C(C)=C/C=C/C(C)=C(/F)C=O)C(C)(C)CCC1. The van der Waals surface area contributed by atoms with Crippen molar-refractivity contribution in [3.8, 4) is 0 Å². The van der Waals surface area contributed by atoms with Gasteiger partial charge in [0.2, 0.25) is 0 Å². The maximum atomic E-state index is 13.0.